The van der Waals surface area contributed by atoms with Gasteiger partial charge < -0.3 is 11.1 Å². The molecule has 9 heteroatoms. The summed E-state index contributed by atoms with van der Waals surface area (Å²) in [4.78, 5) is 3.43. The van der Waals surface area contributed by atoms with Crippen molar-refractivity contribution in [3.63, 3.8) is 0 Å². The molecule has 4 nitrogen and oxygen atoms in total. The fourth-order valence-corrected chi connectivity index (χ4v) is 2.16. The first-order valence-electron chi connectivity index (χ1n) is 5.72. The molecule has 0 aliphatic heterocycles. The predicted molar refractivity (Wildman–Crippen MR) is 77.2 cm³/mol. The molecule has 0 saturated carbocycles. The van der Waals surface area contributed by atoms with Crippen LogP contribution in [0.25, 0.3) is 0 Å². The number of nitrogens with one attached hydrogen (secondary N) is 1. The van der Waals surface area contributed by atoms with Crippen LogP contribution < -0.4 is 11.1 Å². The third kappa shape index (κ3) is 4.71. The highest BCUT2D eigenvalue weighted by Gasteiger charge is 2.33. The van der Waals surface area contributed by atoms with E-state index in [4.69, 9.17) is 18.0 Å². The number of thiocarbonyl (C=S) groups is 1. The van der Waals surface area contributed by atoms with Crippen LogP contribution in [0.1, 0.15) is 18.2 Å². The Labute approximate surface area is 122 Å². The van der Waals surface area contributed by atoms with Crippen molar-refractivity contribution in [1.82, 2.24) is 4.98 Å². The zero-order valence-electron chi connectivity index (χ0n) is 10.7. The molecule has 0 aromatic carbocycles. The first-order valence-corrected chi connectivity index (χ1v) is 7.62. The van der Waals surface area contributed by atoms with Gasteiger partial charge in [0.15, 0.2) is 0 Å². The van der Waals surface area contributed by atoms with Gasteiger partial charge in [0.25, 0.3) is 0 Å². The minimum atomic E-state index is -4.54. The van der Waals surface area contributed by atoms with Crippen molar-refractivity contribution in [3.8, 4) is 0 Å². The summed E-state index contributed by atoms with van der Waals surface area (Å²) in [7, 11) is -1.02. The molecule has 0 aliphatic rings. The summed E-state index contributed by atoms with van der Waals surface area (Å²) in [5.41, 5.74) is 4.64. The van der Waals surface area contributed by atoms with E-state index in [9.17, 15) is 17.4 Å². The van der Waals surface area contributed by atoms with E-state index in [0.29, 0.717) is 11.5 Å². The summed E-state index contributed by atoms with van der Waals surface area (Å²) in [6, 6.07) is 2.00. The Morgan fingerprint density at radius 3 is 2.65 bits per heavy atom. The summed E-state index contributed by atoms with van der Waals surface area (Å²) in [6.45, 7) is 1.99. The van der Waals surface area contributed by atoms with E-state index < -0.39 is 22.7 Å². The third-order valence-corrected chi connectivity index (χ3v) is 3.92. The van der Waals surface area contributed by atoms with Crippen molar-refractivity contribution in [1.29, 1.82) is 0 Å². The van der Waals surface area contributed by atoms with Gasteiger partial charge in [-0.05, 0) is 12.1 Å². The highest BCUT2D eigenvalue weighted by molar-refractivity contribution is 7.84. The number of halogens is 3. The summed E-state index contributed by atoms with van der Waals surface area (Å²) in [6.07, 6.45) is -4.54. The largest absolute Gasteiger partial charge is 0.433 e. The van der Waals surface area contributed by atoms with Gasteiger partial charge in [-0.2, -0.15) is 13.2 Å². The highest BCUT2D eigenvalue weighted by atomic mass is 32.2. The number of hydrogen-bond donors (Lipinski definition) is 2. The minimum absolute atomic E-state index is 0.0413. The quantitative estimate of drug-likeness (QED) is 0.782. The van der Waals surface area contributed by atoms with Gasteiger partial charge in [-0.1, -0.05) is 19.1 Å². The molecule has 0 radical (unpaired) electrons. The second-order valence-corrected chi connectivity index (χ2v) is 6.12. The van der Waals surface area contributed by atoms with Crippen molar-refractivity contribution in [3.05, 3.63) is 23.4 Å². The van der Waals surface area contributed by atoms with Crippen LogP contribution in [0.4, 0.5) is 19.0 Å². The van der Waals surface area contributed by atoms with Crippen LogP contribution in [-0.4, -0.2) is 32.2 Å². The maximum absolute atomic E-state index is 12.6. The first kappa shape index (κ1) is 16.8. The van der Waals surface area contributed by atoms with Crippen LogP contribution in [0, 0.1) is 0 Å². The number of nitrogens with two attached hydrogens (primary N) is 1. The van der Waals surface area contributed by atoms with Gasteiger partial charge in [0.1, 0.15) is 16.5 Å². The summed E-state index contributed by atoms with van der Waals surface area (Å²) in [5.74, 6) is 0.755. The molecule has 20 heavy (non-hydrogen) atoms. The number of rotatable bonds is 6. The van der Waals surface area contributed by atoms with Crippen molar-refractivity contribution in [2.24, 2.45) is 5.73 Å². The lowest BCUT2D eigenvalue weighted by molar-refractivity contribution is -0.141. The second-order valence-electron chi connectivity index (χ2n) is 3.81. The number of hydrogen-bond acceptors (Lipinski definition) is 4. The second kappa shape index (κ2) is 6.98. The van der Waals surface area contributed by atoms with E-state index in [1.54, 1.807) is 6.92 Å². The zero-order valence-corrected chi connectivity index (χ0v) is 12.3. The molecule has 0 aliphatic carbocycles. The Bertz CT molecular complexity index is 520. The maximum atomic E-state index is 12.6. The van der Waals surface area contributed by atoms with E-state index in [2.05, 4.69) is 10.3 Å². The van der Waals surface area contributed by atoms with Gasteiger partial charge >= 0.3 is 6.18 Å². The van der Waals surface area contributed by atoms with Crippen LogP contribution >= 0.6 is 12.2 Å². The van der Waals surface area contributed by atoms with E-state index in [0.717, 1.165) is 6.07 Å². The SMILES string of the molecule is CCS(=O)CCNc1nc(C(F)(F)F)ccc1C(N)=S. The van der Waals surface area contributed by atoms with Crippen LogP contribution in [0.5, 0.6) is 0 Å². The highest BCUT2D eigenvalue weighted by Crippen LogP contribution is 2.29. The molecule has 1 aromatic rings. The Kier molecular flexibility index (Phi) is 5.88. The minimum Gasteiger partial charge on any atom is -0.389 e. The number of anilines is 1. The van der Waals surface area contributed by atoms with Gasteiger partial charge in [0, 0.05) is 28.9 Å². The maximum Gasteiger partial charge on any atom is 0.433 e. The average molecular weight is 325 g/mol. The fraction of sp³-hybridized carbons (Fsp3) is 0.455. The van der Waals surface area contributed by atoms with Crippen LogP contribution in [0.3, 0.4) is 0 Å². The number of nitrogens with zero attached hydrogens (tertiary/aromatic N) is 1. The van der Waals surface area contributed by atoms with Gasteiger partial charge in [0.2, 0.25) is 0 Å². The van der Waals surface area contributed by atoms with E-state index in [1.165, 1.54) is 6.07 Å². The van der Waals surface area contributed by atoms with E-state index >= 15 is 0 Å². The molecule has 1 unspecified atom stereocenters. The van der Waals surface area contributed by atoms with Gasteiger partial charge in [0.05, 0.1) is 5.56 Å². The summed E-state index contributed by atoms with van der Waals surface area (Å²) in [5, 5.41) is 2.70. The molecule has 1 atom stereocenters. The molecule has 0 saturated heterocycles. The molecule has 0 fully saturated rings. The van der Waals surface area contributed by atoms with Crippen molar-refractivity contribution in [2.75, 3.05) is 23.4 Å². The molecule has 1 heterocycles. The van der Waals surface area contributed by atoms with Crippen molar-refractivity contribution in [2.45, 2.75) is 13.1 Å². The third-order valence-electron chi connectivity index (χ3n) is 2.40. The van der Waals surface area contributed by atoms with E-state index in [-0.39, 0.29) is 22.9 Å². The topological polar surface area (TPSA) is 68.0 Å². The molecular weight excluding hydrogens is 311 g/mol. The van der Waals surface area contributed by atoms with Crippen LogP contribution in [0.2, 0.25) is 0 Å². The van der Waals surface area contributed by atoms with Crippen LogP contribution in [-0.2, 0) is 17.0 Å². The molecule has 3 N–H and O–H groups in total. The molecule has 112 valence electrons. The van der Waals surface area contributed by atoms with Gasteiger partial charge in [-0.3, -0.25) is 4.21 Å². The lowest BCUT2D eigenvalue weighted by Crippen LogP contribution is -2.20. The summed E-state index contributed by atoms with van der Waals surface area (Å²) < 4.78 is 49.1. The standard InChI is InChI=1S/C11H14F3N3OS2/c1-2-20(18)6-5-16-10-7(9(15)19)3-4-8(17-10)11(12,13)14/h3-4H,2,5-6H2,1H3,(H2,15,19)(H,16,17). The average Bonchev–Trinajstić information content (AvgIpc) is 2.37. The molecule has 0 bridgehead atoms. The molecule has 1 rings (SSSR count). The normalized spacial score (nSPS) is 13.0. The number of aromatic nitrogens is 1. The van der Waals surface area contributed by atoms with Crippen molar-refractivity contribution >= 4 is 33.8 Å². The fourth-order valence-electron chi connectivity index (χ4n) is 1.38. The number of alkyl halides is 3. The lowest BCUT2D eigenvalue weighted by Gasteiger charge is -2.13. The Morgan fingerprint density at radius 1 is 1.50 bits per heavy atom. The lowest BCUT2D eigenvalue weighted by atomic mass is 10.2. The van der Waals surface area contributed by atoms with Crippen LogP contribution in [0.15, 0.2) is 12.1 Å². The zero-order chi connectivity index (χ0) is 15.3. The van der Waals surface area contributed by atoms with Gasteiger partial charge in [-0.15, -0.1) is 0 Å². The molecule has 0 spiro atoms. The monoisotopic (exact) mass is 325 g/mol. The Hall–Kier alpha value is -1.22. The molecule has 0 amide bonds. The summed E-state index contributed by atoms with van der Waals surface area (Å²) >= 11 is 4.77. The molecule has 1 aromatic heterocycles. The predicted octanol–water partition coefficient (Wildman–Crippen LogP) is 1.92. The van der Waals surface area contributed by atoms with Gasteiger partial charge in [-0.25, -0.2) is 4.98 Å². The van der Waals surface area contributed by atoms with Crippen molar-refractivity contribution < 1.29 is 17.4 Å². The Morgan fingerprint density at radius 2 is 2.15 bits per heavy atom. The number of pyridine rings is 1. The van der Waals surface area contributed by atoms with E-state index in [1.807, 2.05) is 0 Å². The Balaban J connectivity index is 2.95. The first-order chi connectivity index (χ1) is 9.25. The smallest absolute Gasteiger partial charge is 0.389 e. The molecular formula is C11H14F3N3OS2.